The number of carbonyl (C=O) groups excluding carboxylic acids is 1. The smallest absolute Gasteiger partial charge is 0.263 e. The molecule has 0 bridgehead atoms. The van der Waals surface area contributed by atoms with E-state index in [2.05, 4.69) is 27.8 Å². The molecule has 1 aromatic carbocycles. The van der Waals surface area contributed by atoms with Gasteiger partial charge in [-0.1, -0.05) is 42.7 Å². The van der Waals surface area contributed by atoms with Gasteiger partial charge < -0.3 is 10.1 Å². The Hall–Kier alpha value is -1.11. The van der Waals surface area contributed by atoms with Crippen molar-refractivity contribution in [3.05, 3.63) is 45.8 Å². The minimum absolute atomic E-state index is 0.155. The third-order valence-corrected chi connectivity index (χ3v) is 4.03. The third-order valence-electron chi connectivity index (χ3n) is 2.25. The normalized spacial score (nSPS) is 16.6. The highest BCUT2D eigenvalue weighted by molar-refractivity contribution is 9.10. The molecule has 1 amide bonds. The summed E-state index contributed by atoms with van der Waals surface area (Å²) in [7, 11) is 0. The highest BCUT2D eigenvalue weighted by atomic mass is 79.9. The minimum atomic E-state index is -0.155. The van der Waals surface area contributed by atoms with Crippen LogP contribution >= 0.6 is 39.9 Å². The van der Waals surface area contributed by atoms with Gasteiger partial charge in [0, 0.05) is 0 Å². The Morgan fingerprint density at radius 2 is 2.32 bits per heavy atom. The lowest BCUT2D eigenvalue weighted by atomic mass is 10.2. The van der Waals surface area contributed by atoms with E-state index in [1.165, 1.54) is 11.8 Å². The van der Waals surface area contributed by atoms with Crippen LogP contribution in [0, 0.1) is 0 Å². The second-order valence-corrected chi connectivity index (χ2v) is 6.21. The molecular weight excluding hydrogens is 346 g/mol. The number of carbonyl (C=O) groups is 1. The molecule has 1 aliphatic heterocycles. The van der Waals surface area contributed by atoms with Crippen LogP contribution in [0.1, 0.15) is 5.56 Å². The molecule has 98 valence electrons. The SMILES string of the molecule is C=CCOc1ccc(/C=C2\SC(=S)NC2=O)cc1Br. The molecule has 0 aromatic heterocycles. The summed E-state index contributed by atoms with van der Waals surface area (Å²) in [6.45, 7) is 4.05. The summed E-state index contributed by atoms with van der Waals surface area (Å²) in [5, 5.41) is 2.58. The lowest BCUT2D eigenvalue weighted by molar-refractivity contribution is -0.115. The van der Waals surface area contributed by atoms with Crippen LogP contribution in [0.3, 0.4) is 0 Å². The van der Waals surface area contributed by atoms with Gasteiger partial charge in [-0.25, -0.2) is 0 Å². The van der Waals surface area contributed by atoms with Gasteiger partial charge in [-0.15, -0.1) is 0 Å². The first-order valence-electron chi connectivity index (χ1n) is 5.38. The third kappa shape index (κ3) is 3.68. The van der Waals surface area contributed by atoms with Gasteiger partial charge in [0.15, 0.2) is 0 Å². The number of ether oxygens (including phenoxy) is 1. The van der Waals surface area contributed by atoms with Crippen LogP contribution in [-0.4, -0.2) is 16.8 Å². The summed E-state index contributed by atoms with van der Waals surface area (Å²) in [5.74, 6) is 0.583. The topological polar surface area (TPSA) is 38.3 Å². The Balaban J connectivity index is 2.20. The Bertz CT molecular complexity index is 584. The van der Waals surface area contributed by atoms with Crippen molar-refractivity contribution >= 4 is 56.2 Å². The van der Waals surface area contributed by atoms with Crippen molar-refractivity contribution in [1.82, 2.24) is 5.32 Å². The minimum Gasteiger partial charge on any atom is -0.488 e. The highest BCUT2D eigenvalue weighted by Crippen LogP contribution is 2.30. The number of benzene rings is 1. The van der Waals surface area contributed by atoms with E-state index in [1.807, 2.05) is 18.2 Å². The molecule has 1 aromatic rings. The molecule has 1 aliphatic rings. The van der Waals surface area contributed by atoms with Gasteiger partial charge >= 0.3 is 0 Å². The molecule has 6 heteroatoms. The van der Waals surface area contributed by atoms with Crippen molar-refractivity contribution in [1.29, 1.82) is 0 Å². The number of rotatable bonds is 4. The van der Waals surface area contributed by atoms with Gasteiger partial charge in [0.1, 0.15) is 16.7 Å². The van der Waals surface area contributed by atoms with Gasteiger partial charge in [0.05, 0.1) is 9.38 Å². The fourth-order valence-corrected chi connectivity index (χ4v) is 3.00. The molecule has 0 saturated carbocycles. The van der Waals surface area contributed by atoms with Crippen molar-refractivity contribution in [3.63, 3.8) is 0 Å². The molecule has 19 heavy (non-hydrogen) atoms. The van der Waals surface area contributed by atoms with Gasteiger partial charge in [-0.2, -0.15) is 0 Å². The molecule has 0 radical (unpaired) electrons. The maximum absolute atomic E-state index is 11.5. The number of amides is 1. The van der Waals surface area contributed by atoms with E-state index >= 15 is 0 Å². The van der Waals surface area contributed by atoms with Crippen LogP contribution in [0.25, 0.3) is 6.08 Å². The first-order valence-corrected chi connectivity index (χ1v) is 7.40. The highest BCUT2D eigenvalue weighted by Gasteiger charge is 2.21. The van der Waals surface area contributed by atoms with Crippen LogP contribution in [0.2, 0.25) is 0 Å². The molecule has 0 unspecified atom stereocenters. The quantitative estimate of drug-likeness (QED) is 0.509. The fourth-order valence-electron chi connectivity index (χ4n) is 1.45. The Morgan fingerprint density at radius 1 is 1.53 bits per heavy atom. The van der Waals surface area contributed by atoms with Gasteiger partial charge in [0.25, 0.3) is 5.91 Å². The van der Waals surface area contributed by atoms with Crippen molar-refractivity contribution in [2.24, 2.45) is 0 Å². The van der Waals surface area contributed by atoms with E-state index < -0.39 is 0 Å². The average Bonchev–Trinajstić information content (AvgIpc) is 2.67. The van der Waals surface area contributed by atoms with Gasteiger partial charge in [-0.05, 0) is 39.7 Å². The first kappa shape index (κ1) is 14.3. The molecule has 1 N–H and O–H groups in total. The van der Waals surface area contributed by atoms with Crippen molar-refractivity contribution in [2.45, 2.75) is 0 Å². The molecule has 1 saturated heterocycles. The zero-order valence-electron chi connectivity index (χ0n) is 9.81. The number of thioether (sulfide) groups is 1. The largest absolute Gasteiger partial charge is 0.488 e. The van der Waals surface area contributed by atoms with Crippen molar-refractivity contribution < 1.29 is 9.53 Å². The Morgan fingerprint density at radius 3 is 2.89 bits per heavy atom. The summed E-state index contributed by atoms with van der Waals surface area (Å²) in [5.41, 5.74) is 0.903. The predicted molar refractivity (Wildman–Crippen MR) is 86.1 cm³/mol. The standard InChI is InChI=1S/C13H10BrNO2S2/c1-2-5-17-10-4-3-8(6-9(10)14)7-11-12(16)15-13(18)19-11/h2-4,6-7H,1,5H2,(H,15,16,18)/b11-7-. The van der Waals surface area contributed by atoms with Crippen LogP contribution in [0.5, 0.6) is 5.75 Å². The summed E-state index contributed by atoms with van der Waals surface area (Å²) in [4.78, 5) is 12.1. The lowest BCUT2D eigenvalue weighted by Crippen LogP contribution is -2.17. The van der Waals surface area contributed by atoms with Gasteiger partial charge in [0.2, 0.25) is 0 Å². The average molecular weight is 356 g/mol. The van der Waals surface area contributed by atoms with Crippen LogP contribution in [-0.2, 0) is 4.79 Å². The number of hydrogen-bond acceptors (Lipinski definition) is 4. The second kappa shape index (κ2) is 6.36. The monoisotopic (exact) mass is 355 g/mol. The van der Waals surface area contributed by atoms with E-state index in [4.69, 9.17) is 17.0 Å². The zero-order chi connectivity index (χ0) is 13.8. The number of nitrogens with one attached hydrogen (secondary N) is 1. The molecule has 1 fully saturated rings. The maximum atomic E-state index is 11.5. The predicted octanol–water partition coefficient (Wildman–Crippen LogP) is 3.50. The Labute approximate surface area is 129 Å². The fraction of sp³-hybridized carbons (Fsp3) is 0.0769. The van der Waals surface area contributed by atoms with E-state index in [1.54, 1.807) is 12.2 Å². The lowest BCUT2D eigenvalue weighted by Gasteiger charge is -2.06. The summed E-state index contributed by atoms with van der Waals surface area (Å²) >= 11 is 9.63. The van der Waals surface area contributed by atoms with Gasteiger partial charge in [-0.3, -0.25) is 4.79 Å². The first-order chi connectivity index (χ1) is 9.10. The summed E-state index contributed by atoms with van der Waals surface area (Å²) in [6, 6.07) is 5.61. The van der Waals surface area contributed by atoms with Crippen LogP contribution in [0.4, 0.5) is 0 Å². The molecule has 0 spiro atoms. The zero-order valence-corrected chi connectivity index (χ0v) is 13.0. The molecule has 0 aliphatic carbocycles. The number of hydrogen-bond donors (Lipinski definition) is 1. The number of thiocarbonyl (C=S) groups is 1. The second-order valence-electron chi connectivity index (χ2n) is 3.64. The molecule has 2 rings (SSSR count). The summed E-state index contributed by atoms with van der Waals surface area (Å²) in [6.07, 6.45) is 3.48. The van der Waals surface area contributed by atoms with Crippen LogP contribution in [0.15, 0.2) is 40.2 Å². The molecule has 0 atom stereocenters. The van der Waals surface area contributed by atoms with E-state index in [9.17, 15) is 4.79 Å². The maximum Gasteiger partial charge on any atom is 0.263 e. The van der Waals surface area contributed by atoms with Crippen LogP contribution < -0.4 is 10.1 Å². The van der Waals surface area contributed by atoms with E-state index in [0.717, 1.165) is 15.8 Å². The summed E-state index contributed by atoms with van der Waals surface area (Å²) < 4.78 is 6.77. The molecule has 1 heterocycles. The molecular formula is C13H10BrNO2S2. The molecule has 3 nitrogen and oxygen atoms in total. The Kier molecular flexibility index (Phi) is 4.79. The number of halogens is 1. The van der Waals surface area contributed by atoms with Crippen molar-refractivity contribution in [3.8, 4) is 5.75 Å². The van der Waals surface area contributed by atoms with Crippen molar-refractivity contribution in [2.75, 3.05) is 6.61 Å². The van der Waals surface area contributed by atoms with E-state index in [-0.39, 0.29) is 5.91 Å². The van der Waals surface area contributed by atoms with E-state index in [0.29, 0.717) is 15.8 Å².